The molecule has 0 fully saturated rings. The predicted molar refractivity (Wildman–Crippen MR) is 79.0 cm³/mol. The van der Waals surface area contributed by atoms with Gasteiger partial charge in [-0.05, 0) is 52.3 Å². The van der Waals surface area contributed by atoms with Crippen LogP contribution in [0.1, 0.15) is 33.3 Å². The highest BCUT2D eigenvalue weighted by Crippen LogP contribution is 2.19. The van der Waals surface area contributed by atoms with Crippen LogP contribution in [0.5, 0.6) is 0 Å². The molecule has 0 saturated carbocycles. The van der Waals surface area contributed by atoms with Crippen LogP contribution in [-0.4, -0.2) is 36.4 Å². The van der Waals surface area contributed by atoms with Gasteiger partial charge in [0.15, 0.2) is 0 Å². The van der Waals surface area contributed by atoms with Crippen LogP contribution in [0.15, 0.2) is 18.3 Å². The van der Waals surface area contributed by atoms with Crippen molar-refractivity contribution in [2.24, 2.45) is 0 Å². The minimum Gasteiger partial charge on any atom is -0.443 e. The lowest BCUT2D eigenvalue weighted by molar-refractivity contribution is 0.0545. The van der Waals surface area contributed by atoms with Crippen molar-refractivity contribution in [3.05, 3.63) is 23.9 Å². The number of nitrogens with zero attached hydrogens (tertiary/aromatic N) is 2. The fourth-order valence-electron chi connectivity index (χ4n) is 1.78. The summed E-state index contributed by atoms with van der Waals surface area (Å²) in [6, 6.07) is 3.58. The molecule has 112 valence electrons. The second kappa shape index (κ2) is 6.70. The number of ether oxygens (including phenoxy) is 2. The third kappa shape index (κ3) is 4.81. The zero-order chi connectivity index (χ0) is 15.3. The summed E-state index contributed by atoms with van der Waals surface area (Å²) >= 11 is 0. The lowest BCUT2D eigenvalue weighted by Crippen LogP contribution is -2.44. The first-order chi connectivity index (χ1) is 9.24. The Morgan fingerprint density at radius 2 is 2.10 bits per heavy atom. The molecular formula is C15H24N2O3. The quantitative estimate of drug-likeness (QED) is 0.850. The normalized spacial score (nSPS) is 12.9. The molecule has 0 unspecified atom stereocenters. The van der Waals surface area contributed by atoms with Gasteiger partial charge in [-0.25, -0.2) is 9.78 Å². The standard InChI is InChI=1S/C15H24N2O3/c1-11-7-8-16-13(9-11)17(12(2)10-19-6)14(18)20-15(3,4)5/h7-9,12H,10H2,1-6H3/t12-/m1/s1. The average Bonchev–Trinajstić information content (AvgIpc) is 2.26. The van der Waals surface area contributed by atoms with Gasteiger partial charge in [-0.3, -0.25) is 4.90 Å². The molecule has 1 heterocycles. The van der Waals surface area contributed by atoms with Gasteiger partial charge in [0.25, 0.3) is 0 Å². The van der Waals surface area contributed by atoms with E-state index in [1.54, 1.807) is 13.3 Å². The highest BCUT2D eigenvalue weighted by molar-refractivity contribution is 5.87. The van der Waals surface area contributed by atoms with Gasteiger partial charge in [-0.15, -0.1) is 0 Å². The topological polar surface area (TPSA) is 51.7 Å². The van der Waals surface area contributed by atoms with Crippen molar-refractivity contribution in [3.63, 3.8) is 0 Å². The molecule has 1 atom stereocenters. The first kappa shape index (κ1) is 16.4. The lowest BCUT2D eigenvalue weighted by atomic mass is 10.2. The number of hydrogen-bond donors (Lipinski definition) is 0. The highest BCUT2D eigenvalue weighted by atomic mass is 16.6. The van der Waals surface area contributed by atoms with E-state index in [9.17, 15) is 4.79 Å². The van der Waals surface area contributed by atoms with Crippen LogP contribution in [0.3, 0.4) is 0 Å². The Morgan fingerprint density at radius 1 is 1.45 bits per heavy atom. The minimum atomic E-state index is -0.550. The number of pyridine rings is 1. The number of carbonyl (C=O) groups is 1. The van der Waals surface area contributed by atoms with Gasteiger partial charge in [0, 0.05) is 13.3 Å². The van der Waals surface area contributed by atoms with Crippen molar-refractivity contribution >= 4 is 11.9 Å². The Hall–Kier alpha value is -1.62. The molecule has 1 aromatic heterocycles. The molecule has 1 aromatic rings. The summed E-state index contributed by atoms with van der Waals surface area (Å²) in [6.07, 6.45) is 1.27. The van der Waals surface area contributed by atoms with E-state index in [1.807, 2.05) is 46.8 Å². The molecule has 0 aromatic carbocycles. The zero-order valence-electron chi connectivity index (χ0n) is 13.1. The maximum Gasteiger partial charge on any atom is 0.416 e. The number of methoxy groups -OCH3 is 1. The second-order valence-electron chi connectivity index (χ2n) is 5.85. The number of aryl methyl sites for hydroxylation is 1. The van der Waals surface area contributed by atoms with E-state index in [4.69, 9.17) is 9.47 Å². The van der Waals surface area contributed by atoms with Gasteiger partial charge in [-0.1, -0.05) is 0 Å². The molecule has 1 rings (SSSR count). The fraction of sp³-hybridized carbons (Fsp3) is 0.600. The molecule has 0 aliphatic rings. The maximum absolute atomic E-state index is 12.4. The molecule has 0 bridgehead atoms. The summed E-state index contributed by atoms with van der Waals surface area (Å²) in [6.45, 7) is 9.79. The van der Waals surface area contributed by atoms with Crippen LogP contribution < -0.4 is 4.90 Å². The van der Waals surface area contributed by atoms with Crippen LogP contribution in [0.25, 0.3) is 0 Å². The molecule has 0 radical (unpaired) electrons. The lowest BCUT2D eigenvalue weighted by Gasteiger charge is -2.30. The zero-order valence-corrected chi connectivity index (χ0v) is 13.1. The van der Waals surface area contributed by atoms with Crippen molar-refractivity contribution in [1.82, 2.24) is 4.98 Å². The van der Waals surface area contributed by atoms with Crippen LogP contribution >= 0.6 is 0 Å². The molecule has 0 N–H and O–H groups in total. The summed E-state index contributed by atoms with van der Waals surface area (Å²) in [4.78, 5) is 18.2. The molecule has 5 heteroatoms. The number of amides is 1. The van der Waals surface area contributed by atoms with Crippen molar-refractivity contribution in [2.45, 2.75) is 46.3 Å². The van der Waals surface area contributed by atoms with Crippen molar-refractivity contribution in [2.75, 3.05) is 18.6 Å². The molecule has 0 saturated heterocycles. The Bertz CT molecular complexity index is 455. The molecular weight excluding hydrogens is 256 g/mol. The van der Waals surface area contributed by atoms with Crippen LogP contribution in [-0.2, 0) is 9.47 Å². The molecule has 20 heavy (non-hydrogen) atoms. The minimum absolute atomic E-state index is 0.163. The number of aromatic nitrogens is 1. The van der Waals surface area contributed by atoms with Crippen LogP contribution in [0.2, 0.25) is 0 Å². The highest BCUT2D eigenvalue weighted by Gasteiger charge is 2.28. The number of anilines is 1. The summed E-state index contributed by atoms with van der Waals surface area (Å²) in [5.74, 6) is 0.573. The first-order valence-corrected chi connectivity index (χ1v) is 6.68. The monoisotopic (exact) mass is 280 g/mol. The third-order valence-corrected chi connectivity index (χ3v) is 2.59. The van der Waals surface area contributed by atoms with Gasteiger partial charge in [-0.2, -0.15) is 0 Å². The first-order valence-electron chi connectivity index (χ1n) is 6.68. The Morgan fingerprint density at radius 3 is 2.60 bits per heavy atom. The SMILES string of the molecule is COC[C@@H](C)N(C(=O)OC(C)(C)C)c1cc(C)ccn1. The average molecular weight is 280 g/mol. The van der Waals surface area contributed by atoms with E-state index < -0.39 is 11.7 Å². The van der Waals surface area contributed by atoms with Crippen molar-refractivity contribution < 1.29 is 14.3 Å². The van der Waals surface area contributed by atoms with Gasteiger partial charge >= 0.3 is 6.09 Å². The number of carbonyl (C=O) groups excluding carboxylic acids is 1. The summed E-state index contributed by atoms with van der Waals surface area (Å²) in [5, 5.41) is 0. The Labute approximate surface area is 120 Å². The number of hydrogen-bond acceptors (Lipinski definition) is 4. The van der Waals surface area contributed by atoms with Gasteiger partial charge in [0.1, 0.15) is 11.4 Å². The van der Waals surface area contributed by atoms with Gasteiger partial charge in [0.2, 0.25) is 0 Å². The molecule has 1 amide bonds. The smallest absolute Gasteiger partial charge is 0.416 e. The van der Waals surface area contributed by atoms with E-state index in [-0.39, 0.29) is 6.04 Å². The van der Waals surface area contributed by atoms with E-state index >= 15 is 0 Å². The predicted octanol–water partition coefficient (Wildman–Crippen LogP) is 3.17. The largest absolute Gasteiger partial charge is 0.443 e. The van der Waals surface area contributed by atoms with E-state index in [2.05, 4.69) is 4.98 Å². The molecule has 0 aliphatic heterocycles. The van der Waals surface area contributed by atoms with Crippen LogP contribution in [0.4, 0.5) is 10.6 Å². The Balaban J connectivity index is 3.05. The second-order valence-corrected chi connectivity index (χ2v) is 5.85. The third-order valence-electron chi connectivity index (χ3n) is 2.59. The Kier molecular flexibility index (Phi) is 5.51. The maximum atomic E-state index is 12.4. The molecule has 5 nitrogen and oxygen atoms in total. The van der Waals surface area contributed by atoms with Gasteiger partial charge < -0.3 is 9.47 Å². The summed E-state index contributed by atoms with van der Waals surface area (Å²) < 4.78 is 10.6. The molecule has 0 aliphatic carbocycles. The van der Waals surface area contributed by atoms with Gasteiger partial charge in [0.05, 0.1) is 12.6 Å². The van der Waals surface area contributed by atoms with E-state index in [0.717, 1.165) is 5.56 Å². The molecule has 0 spiro atoms. The van der Waals surface area contributed by atoms with E-state index in [0.29, 0.717) is 12.4 Å². The van der Waals surface area contributed by atoms with Crippen molar-refractivity contribution in [3.8, 4) is 0 Å². The number of rotatable bonds is 4. The van der Waals surface area contributed by atoms with Crippen LogP contribution in [0, 0.1) is 6.92 Å². The summed E-state index contributed by atoms with van der Waals surface area (Å²) in [7, 11) is 1.60. The summed E-state index contributed by atoms with van der Waals surface area (Å²) in [5.41, 5.74) is 0.486. The fourth-order valence-corrected chi connectivity index (χ4v) is 1.78. The van der Waals surface area contributed by atoms with Crippen molar-refractivity contribution in [1.29, 1.82) is 0 Å². The van der Waals surface area contributed by atoms with E-state index in [1.165, 1.54) is 4.90 Å².